The van der Waals surface area contributed by atoms with Crippen LogP contribution in [0.15, 0.2) is 0 Å². The Labute approximate surface area is 117 Å². The number of nitrogens with one attached hydrogen (secondary N) is 1. The molecule has 0 aromatic carbocycles. The predicted octanol–water partition coefficient (Wildman–Crippen LogP) is 0.372. The van der Waals surface area contributed by atoms with Gasteiger partial charge >= 0.3 is 18.0 Å². The summed E-state index contributed by atoms with van der Waals surface area (Å²) in [6.07, 6.45) is -0.470. The smallest absolute Gasteiger partial charge is 0.326 e. The molecule has 0 radical (unpaired) electrons. The van der Waals surface area contributed by atoms with Gasteiger partial charge in [-0.1, -0.05) is 0 Å². The van der Waals surface area contributed by atoms with E-state index in [9.17, 15) is 14.4 Å². The van der Waals surface area contributed by atoms with Gasteiger partial charge in [0.05, 0.1) is 6.61 Å². The van der Waals surface area contributed by atoms with E-state index in [0.29, 0.717) is 26.3 Å². The van der Waals surface area contributed by atoms with Crippen LogP contribution >= 0.6 is 0 Å². The number of nitrogens with zero attached hydrogens (tertiary/aromatic N) is 1. The van der Waals surface area contributed by atoms with E-state index in [0.717, 1.165) is 0 Å². The fraction of sp³-hybridized carbons (Fsp3) is 0.750. The lowest BCUT2D eigenvalue weighted by Crippen LogP contribution is -2.48. The maximum Gasteiger partial charge on any atom is 0.326 e. The highest BCUT2D eigenvalue weighted by molar-refractivity contribution is 5.83. The summed E-state index contributed by atoms with van der Waals surface area (Å²) < 4.78 is 5.13. The molecule has 116 valence electrons. The highest BCUT2D eigenvalue weighted by atomic mass is 16.5. The minimum atomic E-state index is -1.25. The molecule has 0 aliphatic heterocycles. The summed E-state index contributed by atoms with van der Waals surface area (Å²) in [5, 5.41) is 19.8. The number of hydrogen-bond donors (Lipinski definition) is 3. The van der Waals surface area contributed by atoms with E-state index in [1.54, 1.807) is 6.92 Å². The molecule has 0 aliphatic rings. The summed E-state index contributed by atoms with van der Waals surface area (Å²) >= 11 is 0. The number of rotatable bonds is 10. The fourth-order valence-corrected chi connectivity index (χ4v) is 1.49. The highest BCUT2D eigenvalue weighted by Crippen LogP contribution is 2.00. The van der Waals surface area contributed by atoms with E-state index in [1.807, 2.05) is 6.92 Å². The van der Waals surface area contributed by atoms with Gasteiger partial charge in [-0.25, -0.2) is 9.59 Å². The third-order valence-electron chi connectivity index (χ3n) is 2.62. The number of ether oxygens (including phenoxy) is 1. The molecule has 8 nitrogen and oxygen atoms in total. The molecule has 0 rings (SSSR count). The van der Waals surface area contributed by atoms with Crippen LogP contribution in [0, 0.1) is 0 Å². The number of urea groups is 1. The normalized spacial score (nSPS) is 11.7. The van der Waals surface area contributed by atoms with E-state index < -0.39 is 24.0 Å². The third kappa shape index (κ3) is 7.57. The first kappa shape index (κ1) is 18.2. The predicted molar refractivity (Wildman–Crippen MR) is 70.6 cm³/mol. The van der Waals surface area contributed by atoms with Gasteiger partial charge in [-0.2, -0.15) is 0 Å². The SMILES string of the molecule is CCOCCN(CC)C(=O)N[C@@H](CCC(=O)O)C(=O)O. The van der Waals surface area contributed by atoms with Crippen molar-refractivity contribution in [1.82, 2.24) is 10.2 Å². The molecule has 3 N–H and O–H groups in total. The Balaban J connectivity index is 4.39. The second-order valence-electron chi connectivity index (χ2n) is 4.05. The number of hydrogen-bond acceptors (Lipinski definition) is 4. The second-order valence-corrected chi connectivity index (χ2v) is 4.05. The maximum atomic E-state index is 11.9. The van der Waals surface area contributed by atoms with Gasteiger partial charge in [-0.05, 0) is 20.3 Å². The molecule has 20 heavy (non-hydrogen) atoms. The second kappa shape index (κ2) is 10.0. The van der Waals surface area contributed by atoms with E-state index in [4.69, 9.17) is 14.9 Å². The first-order valence-electron chi connectivity index (χ1n) is 6.50. The average molecular weight is 290 g/mol. The van der Waals surface area contributed by atoms with Crippen molar-refractivity contribution >= 4 is 18.0 Å². The Hall–Kier alpha value is -1.83. The number of likely N-dealkylation sites (N-methyl/N-ethyl adjacent to an activating group) is 1. The van der Waals surface area contributed by atoms with Crippen LogP contribution in [0.2, 0.25) is 0 Å². The van der Waals surface area contributed by atoms with Gasteiger partial charge in [0.2, 0.25) is 0 Å². The van der Waals surface area contributed by atoms with Crippen LogP contribution in [-0.2, 0) is 14.3 Å². The molecular formula is C12H22N2O6. The van der Waals surface area contributed by atoms with Crippen LogP contribution in [0.25, 0.3) is 0 Å². The number of carboxylic acid groups (broad SMARTS) is 2. The molecule has 0 bridgehead atoms. The summed E-state index contributed by atoms with van der Waals surface area (Å²) in [6.45, 7) is 5.26. The third-order valence-corrected chi connectivity index (χ3v) is 2.62. The molecule has 1 atom stereocenters. The summed E-state index contributed by atoms with van der Waals surface area (Å²) in [4.78, 5) is 34.7. The first-order valence-corrected chi connectivity index (χ1v) is 6.50. The van der Waals surface area contributed by atoms with Crippen LogP contribution < -0.4 is 5.32 Å². The lowest BCUT2D eigenvalue weighted by atomic mass is 10.1. The zero-order valence-corrected chi connectivity index (χ0v) is 11.8. The zero-order valence-electron chi connectivity index (χ0n) is 11.8. The standard InChI is InChI=1S/C12H22N2O6/c1-3-14(7-8-20-4-2)12(19)13-9(11(17)18)5-6-10(15)16/h9H,3-8H2,1-2H3,(H,13,19)(H,15,16)(H,17,18)/t9-/m0/s1. The Morgan fingerprint density at radius 3 is 2.35 bits per heavy atom. The molecule has 0 fully saturated rings. The van der Waals surface area contributed by atoms with Gasteiger partial charge < -0.3 is 25.2 Å². The van der Waals surface area contributed by atoms with Crippen molar-refractivity contribution in [2.24, 2.45) is 0 Å². The zero-order chi connectivity index (χ0) is 15.5. The molecule has 0 aromatic rings. The largest absolute Gasteiger partial charge is 0.481 e. The van der Waals surface area contributed by atoms with E-state index in [2.05, 4.69) is 5.32 Å². The number of carbonyl (C=O) groups excluding carboxylic acids is 1. The molecular weight excluding hydrogens is 268 g/mol. The van der Waals surface area contributed by atoms with Gasteiger partial charge in [0.25, 0.3) is 0 Å². The summed E-state index contributed by atoms with van der Waals surface area (Å²) in [7, 11) is 0. The molecule has 8 heteroatoms. The van der Waals surface area contributed by atoms with Crippen LogP contribution in [-0.4, -0.2) is 65.4 Å². The van der Waals surface area contributed by atoms with E-state index >= 15 is 0 Å². The van der Waals surface area contributed by atoms with Crippen LogP contribution in [0.5, 0.6) is 0 Å². The van der Waals surface area contributed by atoms with Crippen LogP contribution in [0.3, 0.4) is 0 Å². The summed E-state index contributed by atoms with van der Waals surface area (Å²) in [6, 6.07) is -1.75. The van der Waals surface area contributed by atoms with Crippen molar-refractivity contribution in [2.75, 3.05) is 26.3 Å². The first-order chi connectivity index (χ1) is 9.42. The Morgan fingerprint density at radius 2 is 1.90 bits per heavy atom. The lowest BCUT2D eigenvalue weighted by molar-refractivity contribution is -0.140. The number of carbonyl (C=O) groups is 3. The van der Waals surface area contributed by atoms with Crippen molar-refractivity contribution in [2.45, 2.75) is 32.7 Å². The molecule has 0 saturated carbocycles. The van der Waals surface area contributed by atoms with E-state index in [-0.39, 0.29) is 12.8 Å². The molecule has 0 aromatic heterocycles. The van der Waals surface area contributed by atoms with Crippen molar-refractivity contribution in [3.8, 4) is 0 Å². The average Bonchev–Trinajstić information content (AvgIpc) is 2.38. The molecule has 0 heterocycles. The van der Waals surface area contributed by atoms with Crippen LogP contribution in [0.1, 0.15) is 26.7 Å². The van der Waals surface area contributed by atoms with Crippen molar-refractivity contribution in [3.63, 3.8) is 0 Å². The molecule has 0 saturated heterocycles. The monoisotopic (exact) mass is 290 g/mol. The fourth-order valence-electron chi connectivity index (χ4n) is 1.49. The highest BCUT2D eigenvalue weighted by Gasteiger charge is 2.23. The topological polar surface area (TPSA) is 116 Å². The lowest BCUT2D eigenvalue weighted by Gasteiger charge is -2.23. The summed E-state index contributed by atoms with van der Waals surface area (Å²) in [5.74, 6) is -2.35. The number of carboxylic acids is 2. The Bertz CT molecular complexity index is 334. The van der Waals surface area contributed by atoms with Crippen molar-refractivity contribution < 1.29 is 29.3 Å². The van der Waals surface area contributed by atoms with Crippen molar-refractivity contribution in [1.29, 1.82) is 0 Å². The Kier molecular flexibility index (Phi) is 9.10. The van der Waals surface area contributed by atoms with Gasteiger partial charge in [-0.3, -0.25) is 4.79 Å². The number of aliphatic carboxylic acids is 2. The van der Waals surface area contributed by atoms with Gasteiger partial charge in [-0.15, -0.1) is 0 Å². The molecule has 0 spiro atoms. The number of amides is 2. The van der Waals surface area contributed by atoms with Gasteiger partial charge in [0, 0.05) is 26.1 Å². The maximum absolute atomic E-state index is 11.9. The minimum Gasteiger partial charge on any atom is -0.481 e. The van der Waals surface area contributed by atoms with Gasteiger partial charge in [0.1, 0.15) is 6.04 Å². The van der Waals surface area contributed by atoms with Crippen molar-refractivity contribution in [3.05, 3.63) is 0 Å². The quantitative estimate of drug-likeness (QED) is 0.501. The summed E-state index contributed by atoms with van der Waals surface area (Å²) in [5.41, 5.74) is 0. The molecule has 0 aliphatic carbocycles. The molecule has 2 amide bonds. The molecule has 0 unspecified atom stereocenters. The minimum absolute atomic E-state index is 0.153. The van der Waals surface area contributed by atoms with E-state index in [1.165, 1.54) is 4.90 Å². The Morgan fingerprint density at radius 1 is 1.25 bits per heavy atom. The van der Waals surface area contributed by atoms with Gasteiger partial charge in [0.15, 0.2) is 0 Å². The van der Waals surface area contributed by atoms with Crippen LogP contribution in [0.4, 0.5) is 4.79 Å².